The molecule has 0 bridgehead atoms. The number of benzene rings is 2. The number of aliphatic hydroxyl groups is 2. The number of aliphatic hydroxyl groups excluding tert-OH is 2. The topological polar surface area (TPSA) is 106 Å². The van der Waals surface area contributed by atoms with E-state index >= 15 is 0 Å². The Morgan fingerprint density at radius 1 is 1.00 bits per heavy atom. The maximum atomic E-state index is 12.9. The van der Waals surface area contributed by atoms with E-state index in [1.807, 2.05) is 0 Å². The minimum absolute atomic E-state index is 0.00872. The molecular formula is C23H25NO7. The number of Topliss-reactive ketones (excluding diaryl/α,β-unsaturated/α-hetero) is 1. The predicted molar refractivity (Wildman–Crippen MR) is 113 cm³/mol. The number of amides is 1. The number of ketones is 1. The second-order valence-electron chi connectivity index (χ2n) is 6.81. The van der Waals surface area contributed by atoms with Crippen molar-refractivity contribution in [2.24, 2.45) is 0 Å². The van der Waals surface area contributed by atoms with Gasteiger partial charge in [-0.3, -0.25) is 9.59 Å². The zero-order valence-corrected chi connectivity index (χ0v) is 17.4. The second kappa shape index (κ2) is 10.1. The lowest BCUT2D eigenvalue weighted by Gasteiger charge is -2.26. The lowest BCUT2D eigenvalue weighted by molar-refractivity contribution is -0.140. The lowest BCUT2D eigenvalue weighted by Crippen LogP contribution is -2.33. The Morgan fingerprint density at radius 3 is 2.35 bits per heavy atom. The number of likely N-dealkylation sites (tertiary alicyclic amines) is 1. The summed E-state index contributed by atoms with van der Waals surface area (Å²) in [5.74, 6) is -0.829. The van der Waals surface area contributed by atoms with Crippen LogP contribution in [0.15, 0.2) is 54.1 Å². The molecule has 3 rings (SSSR count). The molecule has 31 heavy (non-hydrogen) atoms. The van der Waals surface area contributed by atoms with E-state index in [1.54, 1.807) is 48.5 Å². The number of carbonyl (C=O) groups excluding carboxylic acids is 2. The summed E-state index contributed by atoms with van der Waals surface area (Å²) in [6.45, 7) is 0.207. The van der Waals surface area contributed by atoms with Crippen LogP contribution in [0, 0.1) is 0 Å². The highest BCUT2D eigenvalue weighted by atomic mass is 16.5. The Morgan fingerprint density at radius 2 is 1.71 bits per heavy atom. The summed E-state index contributed by atoms with van der Waals surface area (Å²) in [4.78, 5) is 27.1. The van der Waals surface area contributed by atoms with Gasteiger partial charge in [0.15, 0.2) is 11.5 Å². The average molecular weight is 427 g/mol. The number of nitrogens with zero attached hydrogens (tertiary/aromatic N) is 1. The third-order valence-electron chi connectivity index (χ3n) is 5.02. The molecule has 1 fully saturated rings. The van der Waals surface area contributed by atoms with Crippen molar-refractivity contribution < 1.29 is 34.0 Å². The fraction of sp³-hybridized carbons (Fsp3) is 0.304. The van der Waals surface area contributed by atoms with Gasteiger partial charge >= 0.3 is 0 Å². The monoisotopic (exact) mass is 427 g/mol. The highest BCUT2D eigenvalue weighted by molar-refractivity contribution is 6.46. The number of hydrogen-bond donors (Lipinski definition) is 2. The largest absolute Gasteiger partial charge is 0.507 e. The number of carbonyl (C=O) groups is 2. The summed E-state index contributed by atoms with van der Waals surface area (Å²) < 4.78 is 16.0. The number of ether oxygens (including phenoxy) is 3. The SMILES string of the molecule is COc1ccc(C2C(=C(O)c3ccccc3)C(=O)C(=O)N2CCOCCO)cc1OC. The third-order valence-corrected chi connectivity index (χ3v) is 5.02. The van der Waals surface area contributed by atoms with E-state index in [4.69, 9.17) is 19.3 Å². The van der Waals surface area contributed by atoms with E-state index in [-0.39, 0.29) is 37.7 Å². The zero-order valence-electron chi connectivity index (χ0n) is 17.4. The van der Waals surface area contributed by atoms with E-state index in [9.17, 15) is 14.7 Å². The molecule has 0 spiro atoms. The summed E-state index contributed by atoms with van der Waals surface area (Å²) in [5, 5.41) is 19.9. The molecule has 1 saturated heterocycles. The first-order valence-corrected chi connectivity index (χ1v) is 9.77. The van der Waals surface area contributed by atoms with Gasteiger partial charge in [-0.05, 0) is 17.7 Å². The minimum atomic E-state index is -0.835. The highest BCUT2D eigenvalue weighted by Crippen LogP contribution is 2.41. The standard InChI is InChI=1S/C23H25NO7/c1-29-17-9-8-16(14-18(17)30-2)20-19(21(26)15-6-4-3-5-7-15)22(27)23(28)24(20)10-12-31-13-11-25/h3-9,14,20,25-26H,10-13H2,1-2H3. The van der Waals surface area contributed by atoms with Gasteiger partial charge in [0.05, 0.1) is 45.7 Å². The average Bonchev–Trinajstić information content (AvgIpc) is 3.06. The molecular weight excluding hydrogens is 402 g/mol. The van der Waals surface area contributed by atoms with Crippen LogP contribution >= 0.6 is 0 Å². The Balaban J connectivity index is 2.10. The first-order chi connectivity index (χ1) is 15.0. The third kappa shape index (κ3) is 4.55. The van der Waals surface area contributed by atoms with Crippen molar-refractivity contribution in [3.05, 3.63) is 65.2 Å². The van der Waals surface area contributed by atoms with Crippen LogP contribution in [0.1, 0.15) is 17.2 Å². The van der Waals surface area contributed by atoms with E-state index in [0.29, 0.717) is 22.6 Å². The molecule has 0 aromatic heterocycles. The Labute approximate surface area is 180 Å². The van der Waals surface area contributed by atoms with Crippen LogP contribution in [0.3, 0.4) is 0 Å². The summed E-state index contributed by atoms with van der Waals surface area (Å²) in [6, 6.07) is 12.8. The Hall–Kier alpha value is -3.36. The Bertz CT molecular complexity index is 971. The zero-order chi connectivity index (χ0) is 22.4. The molecule has 164 valence electrons. The molecule has 1 aliphatic heterocycles. The number of hydrogen-bond acceptors (Lipinski definition) is 7. The molecule has 1 heterocycles. The maximum absolute atomic E-state index is 12.9. The molecule has 2 N–H and O–H groups in total. The summed E-state index contributed by atoms with van der Waals surface area (Å²) in [7, 11) is 3.00. The second-order valence-corrected chi connectivity index (χ2v) is 6.81. The van der Waals surface area contributed by atoms with Gasteiger partial charge in [-0.15, -0.1) is 0 Å². The number of methoxy groups -OCH3 is 2. The molecule has 8 heteroatoms. The van der Waals surface area contributed by atoms with Gasteiger partial charge in [0.1, 0.15) is 5.76 Å². The number of rotatable bonds is 9. The molecule has 2 aromatic carbocycles. The van der Waals surface area contributed by atoms with Gasteiger partial charge in [0, 0.05) is 12.1 Å². The van der Waals surface area contributed by atoms with Crippen molar-refractivity contribution in [3.8, 4) is 11.5 Å². The van der Waals surface area contributed by atoms with Crippen molar-refractivity contribution >= 4 is 17.4 Å². The normalized spacial score (nSPS) is 17.8. The molecule has 8 nitrogen and oxygen atoms in total. The smallest absolute Gasteiger partial charge is 0.295 e. The first-order valence-electron chi connectivity index (χ1n) is 9.77. The van der Waals surface area contributed by atoms with Gasteiger partial charge in [0.2, 0.25) is 0 Å². The molecule has 1 amide bonds. The van der Waals surface area contributed by atoms with Crippen molar-refractivity contribution in [1.82, 2.24) is 4.90 Å². The summed E-state index contributed by atoms with van der Waals surface area (Å²) in [5.41, 5.74) is 1.00. The van der Waals surface area contributed by atoms with Crippen LogP contribution in [0.25, 0.3) is 5.76 Å². The van der Waals surface area contributed by atoms with Crippen LogP contribution in [0.5, 0.6) is 11.5 Å². The van der Waals surface area contributed by atoms with Gasteiger partial charge in [-0.1, -0.05) is 36.4 Å². The van der Waals surface area contributed by atoms with Crippen LogP contribution in [-0.4, -0.2) is 67.4 Å². The van der Waals surface area contributed by atoms with E-state index in [1.165, 1.54) is 19.1 Å². The van der Waals surface area contributed by atoms with Gasteiger partial charge in [-0.2, -0.15) is 0 Å². The van der Waals surface area contributed by atoms with Gasteiger partial charge in [-0.25, -0.2) is 0 Å². The molecule has 2 aromatic rings. The first kappa shape index (κ1) is 22.3. The highest BCUT2D eigenvalue weighted by Gasteiger charge is 2.46. The van der Waals surface area contributed by atoms with E-state index < -0.39 is 17.7 Å². The minimum Gasteiger partial charge on any atom is -0.507 e. The van der Waals surface area contributed by atoms with Crippen molar-refractivity contribution in [2.45, 2.75) is 6.04 Å². The van der Waals surface area contributed by atoms with Crippen molar-refractivity contribution in [2.75, 3.05) is 40.6 Å². The van der Waals surface area contributed by atoms with E-state index in [2.05, 4.69) is 0 Å². The fourth-order valence-corrected chi connectivity index (χ4v) is 3.56. The van der Waals surface area contributed by atoms with Gasteiger partial charge < -0.3 is 29.3 Å². The summed E-state index contributed by atoms with van der Waals surface area (Å²) >= 11 is 0. The Kier molecular flexibility index (Phi) is 7.28. The molecule has 0 radical (unpaired) electrons. The lowest BCUT2D eigenvalue weighted by atomic mass is 9.95. The van der Waals surface area contributed by atoms with E-state index in [0.717, 1.165) is 0 Å². The molecule has 1 atom stereocenters. The molecule has 0 aliphatic carbocycles. The predicted octanol–water partition coefficient (Wildman–Crippen LogP) is 2.13. The maximum Gasteiger partial charge on any atom is 0.295 e. The molecule has 0 saturated carbocycles. The van der Waals surface area contributed by atoms with Crippen molar-refractivity contribution in [3.63, 3.8) is 0 Å². The van der Waals surface area contributed by atoms with Crippen LogP contribution < -0.4 is 9.47 Å². The molecule has 1 aliphatic rings. The quantitative estimate of drug-likeness (QED) is 0.273. The van der Waals surface area contributed by atoms with Crippen molar-refractivity contribution in [1.29, 1.82) is 0 Å². The van der Waals surface area contributed by atoms with Crippen LogP contribution in [0.4, 0.5) is 0 Å². The fourth-order valence-electron chi connectivity index (χ4n) is 3.56. The summed E-state index contributed by atoms with van der Waals surface area (Å²) in [6.07, 6.45) is 0. The molecule has 1 unspecified atom stereocenters. The van der Waals surface area contributed by atoms with Gasteiger partial charge in [0.25, 0.3) is 11.7 Å². The van der Waals surface area contributed by atoms with Crippen LogP contribution in [0.2, 0.25) is 0 Å². The van der Waals surface area contributed by atoms with Crippen LogP contribution in [-0.2, 0) is 14.3 Å².